The summed E-state index contributed by atoms with van der Waals surface area (Å²) in [4.78, 5) is 5.12. The lowest BCUT2D eigenvalue weighted by Gasteiger charge is -2.12. The van der Waals surface area contributed by atoms with Crippen molar-refractivity contribution < 1.29 is 8.83 Å². The maximum Gasteiger partial charge on any atom is 0.135 e. The second-order valence-electron chi connectivity index (χ2n) is 12.8. The Hall–Kier alpha value is -6.23. The molecule has 0 atom stereocenters. The summed E-state index contributed by atoms with van der Waals surface area (Å²) >= 11 is 1.80. The van der Waals surface area contributed by atoms with E-state index in [0.29, 0.717) is 0 Å². The fraction of sp³-hybridized carbons (Fsp3) is 0. The summed E-state index contributed by atoms with van der Waals surface area (Å²) in [5, 5.41) is 6.85. The normalized spacial score (nSPS) is 12.1. The number of aromatic nitrogens is 1. The zero-order valence-electron chi connectivity index (χ0n) is 26.1. The van der Waals surface area contributed by atoms with E-state index in [1.807, 2.05) is 24.3 Å². The van der Waals surface area contributed by atoms with Crippen LogP contribution in [0.5, 0.6) is 0 Å². The molecule has 49 heavy (non-hydrogen) atoms. The smallest absolute Gasteiger partial charge is 0.135 e. The molecule has 228 valence electrons. The molecule has 0 fully saturated rings. The maximum absolute atomic E-state index is 6.17. The SMILES string of the molecule is c1ccc2c(c1)oc1ccc(-c3cc(-c4ccc5nc6c(cc5c4)sc4ccccc46)cc(-c4ccc5oc6ccccc6c5c4)c3)cc12. The first-order valence-electron chi connectivity index (χ1n) is 16.4. The van der Waals surface area contributed by atoms with Crippen LogP contribution in [-0.4, -0.2) is 4.98 Å². The van der Waals surface area contributed by atoms with Gasteiger partial charge in [-0.1, -0.05) is 72.8 Å². The van der Waals surface area contributed by atoms with E-state index in [-0.39, 0.29) is 0 Å². The third kappa shape index (κ3) is 4.18. The van der Waals surface area contributed by atoms with Crippen molar-refractivity contribution in [2.75, 3.05) is 0 Å². The summed E-state index contributed by atoms with van der Waals surface area (Å²) in [6, 6.07) is 54.0. The number of nitrogens with zero attached hydrogens (tertiary/aromatic N) is 1. The van der Waals surface area contributed by atoms with Gasteiger partial charge in [0.05, 0.1) is 15.7 Å². The predicted molar refractivity (Wildman–Crippen MR) is 205 cm³/mol. The molecule has 4 heterocycles. The van der Waals surface area contributed by atoms with Crippen LogP contribution in [0.15, 0.2) is 160 Å². The fourth-order valence-electron chi connectivity index (χ4n) is 7.42. The van der Waals surface area contributed by atoms with Crippen molar-refractivity contribution in [3.8, 4) is 33.4 Å². The molecule has 0 saturated heterocycles. The molecule has 0 N–H and O–H groups in total. The minimum Gasteiger partial charge on any atom is -0.456 e. The number of fused-ring (bicyclic) bond motifs is 10. The van der Waals surface area contributed by atoms with E-state index in [0.717, 1.165) is 93.7 Å². The highest BCUT2D eigenvalue weighted by atomic mass is 32.1. The lowest BCUT2D eigenvalue weighted by Crippen LogP contribution is -1.87. The Bertz CT molecular complexity index is 2990. The monoisotopic (exact) mass is 643 g/mol. The first kappa shape index (κ1) is 26.8. The number of hydrogen-bond acceptors (Lipinski definition) is 4. The van der Waals surface area contributed by atoms with Crippen LogP contribution in [0.25, 0.3) is 108 Å². The molecule has 0 spiro atoms. The van der Waals surface area contributed by atoms with E-state index in [9.17, 15) is 0 Å². The Kier molecular flexibility index (Phi) is 5.54. The minimum absolute atomic E-state index is 0.896. The molecule has 0 bridgehead atoms. The maximum atomic E-state index is 6.17. The highest BCUT2D eigenvalue weighted by Crippen LogP contribution is 2.40. The number of furan rings is 2. The summed E-state index contributed by atoms with van der Waals surface area (Å²) in [6.45, 7) is 0. The van der Waals surface area contributed by atoms with Crippen LogP contribution in [0.3, 0.4) is 0 Å². The van der Waals surface area contributed by atoms with Crippen LogP contribution in [-0.2, 0) is 0 Å². The van der Waals surface area contributed by atoms with Gasteiger partial charge in [0.15, 0.2) is 0 Å². The standard InChI is InChI=1S/C45H25NO2S/c1-4-10-39-33(7-1)36-23-27(14-17-41(36)47-39)30-20-29(21-31(22-30)28-15-18-42-37(24-28)34-8-2-5-11-40(34)48-42)26-13-16-38-32(19-26)25-44-45(46-38)35-9-3-6-12-43(35)49-44/h1-25H. The summed E-state index contributed by atoms with van der Waals surface area (Å²) in [5.41, 5.74) is 12.6. The molecule has 0 amide bonds. The van der Waals surface area contributed by atoms with E-state index in [2.05, 4.69) is 127 Å². The van der Waals surface area contributed by atoms with Gasteiger partial charge in [0.1, 0.15) is 22.3 Å². The summed E-state index contributed by atoms with van der Waals surface area (Å²) < 4.78 is 14.8. The molecule has 11 aromatic rings. The molecule has 3 nitrogen and oxygen atoms in total. The third-order valence-corrected chi connectivity index (χ3v) is 10.9. The van der Waals surface area contributed by atoms with Gasteiger partial charge in [-0.05, 0) is 112 Å². The van der Waals surface area contributed by atoms with E-state index < -0.39 is 0 Å². The quantitative estimate of drug-likeness (QED) is 0.192. The minimum atomic E-state index is 0.896. The zero-order chi connectivity index (χ0) is 32.1. The van der Waals surface area contributed by atoms with Crippen LogP contribution < -0.4 is 0 Å². The van der Waals surface area contributed by atoms with Crippen molar-refractivity contribution in [3.63, 3.8) is 0 Å². The Balaban J connectivity index is 1.12. The summed E-state index contributed by atoms with van der Waals surface area (Å²) in [5.74, 6) is 0. The number of benzene rings is 7. The Morgan fingerprint density at radius 3 is 1.51 bits per heavy atom. The van der Waals surface area contributed by atoms with Crippen molar-refractivity contribution in [2.24, 2.45) is 0 Å². The van der Waals surface area contributed by atoms with Gasteiger partial charge < -0.3 is 8.83 Å². The van der Waals surface area contributed by atoms with Crippen molar-refractivity contribution in [1.82, 2.24) is 4.98 Å². The van der Waals surface area contributed by atoms with Gasteiger partial charge in [-0.25, -0.2) is 4.98 Å². The molecule has 7 aromatic carbocycles. The van der Waals surface area contributed by atoms with Crippen LogP contribution in [0.1, 0.15) is 0 Å². The summed E-state index contributed by atoms with van der Waals surface area (Å²) in [6.07, 6.45) is 0. The summed E-state index contributed by atoms with van der Waals surface area (Å²) in [7, 11) is 0. The molecule has 0 aliphatic rings. The molecule has 0 unspecified atom stereocenters. The van der Waals surface area contributed by atoms with Gasteiger partial charge in [0, 0.05) is 37.0 Å². The molecular formula is C45H25NO2S. The van der Waals surface area contributed by atoms with Crippen molar-refractivity contribution in [2.45, 2.75) is 0 Å². The third-order valence-electron chi connectivity index (χ3n) is 9.83. The molecular weight excluding hydrogens is 619 g/mol. The average Bonchev–Trinajstić information content (AvgIpc) is 3.83. The van der Waals surface area contributed by atoms with Gasteiger partial charge in [0.2, 0.25) is 0 Å². The topological polar surface area (TPSA) is 39.2 Å². The van der Waals surface area contributed by atoms with Gasteiger partial charge in [0.25, 0.3) is 0 Å². The van der Waals surface area contributed by atoms with Crippen molar-refractivity contribution in [1.29, 1.82) is 0 Å². The zero-order valence-corrected chi connectivity index (χ0v) is 26.9. The van der Waals surface area contributed by atoms with Gasteiger partial charge in [-0.3, -0.25) is 0 Å². The van der Waals surface area contributed by atoms with Crippen LogP contribution in [0, 0.1) is 0 Å². The fourth-order valence-corrected chi connectivity index (χ4v) is 8.51. The van der Waals surface area contributed by atoms with E-state index in [1.165, 1.54) is 14.8 Å². The molecule has 4 heteroatoms. The van der Waals surface area contributed by atoms with Gasteiger partial charge >= 0.3 is 0 Å². The van der Waals surface area contributed by atoms with E-state index >= 15 is 0 Å². The molecule has 0 aliphatic carbocycles. The first-order chi connectivity index (χ1) is 24.2. The van der Waals surface area contributed by atoms with Crippen LogP contribution in [0.4, 0.5) is 0 Å². The highest BCUT2D eigenvalue weighted by molar-refractivity contribution is 7.25. The molecule has 0 aliphatic heterocycles. The molecule has 0 radical (unpaired) electrons. The lowest BCUT2D eigenvalue weighted by atomic mass is 9.92. The number of para-hydroxylation sites is 2. The molecule has 0 saturated carbocycles. The van der Waals surface area contributed by atoms with Crippen LogP contribution in [0.2, 0.25) is 0 Å². The van der Waals surface area contributed by atoms with Crippen molar-refractivity contribution in [3.05, 3.63) is 152 Å². The number of pyridine rings is 1. The molecule has 11 rings (SSSR count). The lowest BCUT2D eigenvalue weighted by molar-refractivity contribution is 0.668. The van der Waals surface area contributed by atoms with Crippen molar-refractivity contribution >= 4 is 86.4 Å². The Morgan fingerprint density at radius 2 is 0.878 bits per heavy atom. The number of hydrogen-bond donors (Lipinski definition) is 0. The van der Waals surface area contributed by atoms with Gasteiger partial charge in [-0.15, -0.1) is 11.3 Å². The highest BCUT2D eigenvalue weighted by Gasteiger charge is 2.14. The second kappa shape index (κ2) is 10.1. The Morgan fingerprint density at radius 1 is 0.367 bits per heavy atom. The average molecular weight is 644 g/mol. The van der Waals surface area contributed by atoms with E-state index in [1.54, 1.807) is 11.3 Å². The second-order valence-corrected chi connectivity index (χ2v) is 13.8. The predicted octanol–water partition coefficient (Wildman–Crippen LogP) is 13.4. The Labute approximate surface area is 284 Å². The largest absolute Gasteiger partial charge is 0.456 e. The number of rotatable bonds is 3. The first-order valence-corrected chi connectivity index (χ1v) is 17.2. The molecule has 4 aromatic heterocycles. The number of thiophene rings is 1. The van der Waals surface area contributed by atoms with Crippen LogP contribution >= 0.6 is 11.3 Å². The van der Waals surface area contributed by atoms with E-state index in [4.69, 9.17) is 13.8 Å². The van der Waals surface area contributed by atoms with Gasteiger partial charge in [-0.2, -0.15) is 0 Å².